The van der Waals surface area contributed by atoms with Crippen LogP contribution in [0.1, 0.15) is 16.2 Å². The van der Waals surface area contributed by atoms with Crippen LogP contribution in [-0.4, -0.2) is 52.8 Å². The molecule has 0 saturated heterocycles. The highest BCUT2D eigenvalue weighted by atomic mass is 35.5. The molecule has 26 heavy (non-hydrogen) atoms. The first-order chi connectivity index (χ1) is 11.9. The molecule has 0 bridgehead atoms. The predicted octanol–water partition coefficient (Wildman–Crippen LogP) is 3.11. The van der Waals surface area contributed by atoms with E-state index in [1.165, 1.54) is 17.4 Å². The molecule has 0 radical (unpaired) electrons. The second kappa shape index (κ2) is 8.11. The van der Waals surface area contributed by atoms with Gasteiger partial charge in [-0.1, -0.05) is 17.4 Å². The Labute approximate surface area is 161 Å². The molecular formula is C17H21ClFN5OS. The number of amides is 1. The number of carbonyl (C=O) groups is 1. The van der Waals surface area contributed by atoms with E-state index in [2.05, 4.69) is 10.1 Å². The molecule has 0 aliphatic rings. The van der Waals surface area contributed by atoms with Gasteiger partial charge in [-0.25, -0.2) is 9.37 Å². The number of fused-ring (bicyclic) bond motifs is 1. The highest BCUT2D eigenvalue weighted by Gasteiger charge is 2.24. The second-order valence-electron chi connectivity index (χ2n) is 6.14. The maximum Gasteiger partial charge on any atom is 0.278 e. The van der Waals surface area contributed by atoms with Crippen LogP contribution in [0.25, 0.3) is 10.2 Å². The maximum absolute atomic E-state index is 14.0. The minimum Gasteiger partial charge on any atom is -0.308 e. The van der Waals surface area contributed by atoms with Crippen molar-refractivity contribution >= 4 is 45.0 Å². The molecular weight excluding hydrogens is 377 g/mol. The van der Waals surface area contributed by atoms with E-state index in [1.54, 1.807) is 28.8 Å². The Hall–Kier alpha value is -2.03. The highest BCUT2D eigenvalue weighted by Crippen LogP contribution is 2.31. The van der Waals surface area contributed by atoms with Crippen molar-refractivity contribution in [2.45, 2.75) is 6.92 Å². The van der Waals surface area contributed by atoms with Crippen LogP contribution in [0.3, 0.4) is 0 Å². The van der Waals surface area contributed by atoms with E-state index in [0.717, 1.165) is 10.4 Å². The number of halogens is 2. The van der Waals surface area contributed by atoms with Crippen molar-refractivity contribution in [1.82, 2.24) is 19.7 Å². The third-order valence-corrected chi connectivity index (χ3v) is 4.87. The van der Waals surface area contributed by atoms with Crippen LogP contribution in [0.4, 0.5) is 9.52 Å². The lowest BCUT2D eigenvalue weighted by molar-refractivity contribution is 0.0976. The van der Waals surface area contributed by atoms with Gasteiger partial charge in [0, 0.05) is 20.1 Å². The molecule has 3 rings (SSSR count). The number of nitrogens with zero attached hydrogens (tertiary/aromatic N) is 5. The molecule has 2 aromatic heterocycles. The molecule has 0 saturated carbocycles. The van der Waals surface area contributed by atoms with Gasteiger partial charge in [0.05, 0.1) is 10.4 Å². The minimum atomic E-state index is -0.378. The average Bonchev–Trinajstić information content (AvgIpc) is 3.11. The van der Waals surface area contributed by atoms with Gasteiger partial charge in [-0.05, 0) is 39.2 Å². The van der Waals surface area contributed by atoms with Gasteiger partial charge in [0.25, 0.3) is 5.91 Å². The molecule has 0 unspecified atom stereocenters. The Morgan fingerprint density at radius 2 is 2.04 bits per heavy atom. The van der Waals surface area contributed by atoms with Gasteiger partial charge in [-0.3, -0.25) is 14.4 Å². The van der Waals surface area contributed by atoms with Crippen LogP contribution in [0.2, 0.25) is 0 Å². The fourth-order valence-electron chi connectivity index (χ4n) is 2.55. The number of anilines is 1. The van der Waals surface area contributed by atoms with Crippen LogP contribution in [0, 0.1) is 12.7 Å². The van der Waals surface area contributed by atoms with Crippen molar-refractivity contribution < 1.29 is 9.18 Å². The first kappa shape index (κ1) is 20.3. The van der Waals surface area contributed by atoms with Crippen LogP contribution in [0.15, 0.2) is 24.3 Å². The van der Waals surface area contributed by atoms with Crippen molar-refractivity contribution in [2.24, 2.45) is 7.05 Å². The number of para-hydroxylation sites is 1. The van der Waals surface area contributed by atoms with Crippen LogP contribution in [-0.2, 0) is 7.05 Å². The van der Waals surface area contributed by atoms with Gasteiger partial charge >= 0.3 is 0 Å². The van der Waals surface area contributed by atoms with Crippen molar-refractivity contribution in [2.75, 3.05) is 32.1 Å². The van der Waals surface area contributed by atoms with Gasteiger partial charge in [0.15, 0.2) is 5.13 Å². The van der Waals surface area contributed by atoms with E-state index in [0.29, 0.717) is 29.4 Å². The number of benzene rings is 1. The summed E-state index contributed by atoms with van der Waals surface area (Å²) in [5.41, 5.74) is 1.55. The molecule has 9 heteroatoms. The second-order valence-corrected chi connectivity index (χ2v) is 7.15. The van der Waals surface area contributed by atoms with E-state index >= 15 is 0 Å². The molecule has 0 N–H and O–H groups in total. The first-order valence-electron chi connectivity index (χ1n) is 7.89. The van der Waals surface area contributed by atoms with Gasteiger partial charge in [0.1, 0.15) is 17.0 Å². The lowest BCUT2D eigenvalue weighted by atomic mass is 10.3. The predicted molar refractivity (Wildman–Crippen MR) is 105 cm³/mol. The summed E-state index contributed by atoms with van der Waals surface area (Å²) in [5, 5.41) is 4.73. The van der Waals surface area contributed by atoms with Gasteiger partial charge in [-0.2, -0.15) is 5.10 Å². The summed E-state index contributed by atoms with van der Waals surface area (Å²) in [6.07, 6.45) is 0. The zero-order chi connectivity index (χ0) is 18.1. The smallest absolute Gasteiger partial charge is 0.278 e. The summed E-state index contributed by atoms with van der Waals surface area (Å²) in [5.74, 6) is -0.569. The number of aryl methyl sites for hydroxylation is 2. The molecule has 6 nitrogen and oxygen atoms in total. The van der Waals surface area contributed by atoms with Gasteiger partial charge in [0.2, 0.25) is 0 Å². The summed E-state index contributed by atoms with van der Waals surface area (Å²) in [4.78, 5) is 21.0. The minimum absolute atomic E-state index is 0. The summed E-state index contributed by atoms with van der Waals surface area (Å²) in [6.45, 7) is 2.96. The largest absolute Gasteiger partial charge is 0.308 e. The lowest BCUT2D eigenvalue weighted by Gasteiger charge is -2.21. The molecule has 1 aromatic carbocycles. The number of thiazole rings is 1. The van der Waals surface area contributed by atoms with E-state index in [1.807, 2.05) is 32.0 Å². The Bertz CT molecular complexity index is 923. The number of likely N-dealkylation sites (N-methyl/N-ethyl adjacent to an activating group) is 1. The number of carbonyl (C=O) groups excluding carboxylic acids is 1. The lowest BCUT2D eigenvalue weighted by Crippen LogP contribution is -2.37. The fraction of sp³-hybridized carbons (Fsp3) is 0.353. The van der Waals surface area contributed by atoms with E-state index in [4.69, 9.17) is 0 Å². The van der Waals surface area contributed by atoms with Crippen LogP contribution < -0.4 is 4.90 Å². The van der Waals surface area contributed by atoms with Crippen molar-refractivity contribution in [3.63, 3.8) is 0 Å². The maximum atomic E-state index is 14.0. The van der Waals surface area contributed by atoms with Crippen molar-refractivity contribution in [3.05, 3.63) is 41.5 Å². The molecule has 0 aliphatic carbocycles. The summed E-state index contributed by atoms with van der Waals surface area (Å²) >= 11 is 1.31. The summed E-state index contributed by atoms with van der Waals surface area (Å²) in [7, 11) is 5.62. The molecule has 0 aliphatic heterocycles. The van der Waals surface area contributed by atoms with Crippen molar-refractivity contribution in [1.29, 1.82) is 0 Å². The van der Waals surface area contributed by atoms with Crippen LogP contribution >= 0.6 is 23.7 Å². The molecule has 3 aromatic rings. The third-order valence-electron chi connectivity index (χ3n) is 3.83. The normalized spacial score (nSPS) is 11.0. The monoisotopic (exact) mass is 397 g/mol. The molecule has 0 spiro atoms. The Morgan fingerprint density at radius 1 is 1.31 bits per heavy atom. The standard InChI is InChI=1S/C17H20FN5OS.ClH/c1-11-10-13(22(4)20-11)16(24)23(9-8-21(2)3)17-19-15-12(18)6-5-7-14(15)25-17;/h5-7,10H,8-9H2,1-4H3;1H. The third kappa shape index (κ3) is 4.03. The van der Waals surface area contributed by atoms with Crippen molar-refractivity contribution in [3.8, 4) is 0 Å². The summed E-state index contributed by atoms with van der Waals surface area (Å²) < 4.78 is 16.3. The molecule has 2 heterocycles. The van der Waals surface area contributed by atoms with E-state index < -0.39 is 0 Å². The zero-order valence-corrected chi connectivity index (χ0v) is 16.7. The molecule has 140 valence electrons. The Morgan fingerprint density at radius 3 is 2.62 bits per heavy atom. The quantitative estimate of drug-likeness (QED) is 0.663. The van der Waals surface area contributed by atoms with Gasteiger partial charge in [-0.15, -0.1) is 12.4 Å². The SMILES string of the molecule is Cc1cc(C(=O)N(CCN(C)C)c2nc3c(F)cccc3s2)n(C)n1.Cl. The topological polar surface area (TPSA) is 54.3 Å². The zero-order valence-electron chi connectivity index (χ0n) is 15.1. The highest BCUT2D eigenvalue weighted by molar-refractivity contribution is 7.22. The van der Waals surface area contributed by atoms with E-state index in [9.17, 15) is 9.18 Å². The summed E-state index contributed by atoms with van der Waals surface area (Å²) in [6, 6.07) is 6.58. The molecule has 0 atom stereocenters. The first-order valence-corrected chi connectivity index (χ1v) is 8.70. The Kier molecular flexibility index (Phi) is 6.33. The fourth-order valence-corrected chi connectivity index (χ4v) is 3.56. The van der Waals surface area contributed by atoms with Gasteiger partial charge < -0.3 is 4.90 Å². The molecule has 1 amide bonds. The number of aromatic nitrogens is 3. The Balaban J connectivity index is 0.00000243. The number of hydrogen-bond donors (Lipinski definition) is 0. The number of rotatable bonds is 5. The number of hydrogen-bond acceptors (Lipinski definition) is 5. The molecule has 0 fully saturated rings. The van der Waals surface area contributed by atoms with Crippen LogP contribution in [0.5, 0.6) is 0 Å². The van der Waals surface area contributed by atoms with E-state index in [-0.39, 0.29) is 24.1 Å². The average molecular weight is 398 g/mol.